The summed E-state index contributed by atoms with van der Waals surface area (Å²) in [7, 11) is 5.74. The van der Waals surface area contributed by atoms with Crippen molar-refractivity contribution in [2.45, 2.75) is 12.5 Å². The van der Waals surface area contributed by atoms with E-state index in [1.807, 2.05) is 61.1 Å². The molecule has 7 heteroatoms. The first-order valence-electron chi connectivity index (χ1n) is 8.82. The van der Waals surface area contributed by atoms with Crippen molar-refractivity contribution >= 4 is 17.7 Å². The lowest BCUT2D eigenvalue weighted by Gasteiger charge is -2.31. The Morgan fingerprint density at radius 1 is 1.42 bits per heavy atom. The average Bonchev–Trinajstić information content (AvgIpc) is 3.02. The Hall–Kier alpha value is -1.99. The summed E-state index contributed by atoms with van der Waals surface area (Å²) in [5.41, 5.74) is 2.13. The molecule has 6 nitrogen and oxygen atoms in total. The van der Waals surface area contributed by atoms with Crippen molar-refractivity contribution in [2.24, 2.45) is 0 Å². The molecule has 140 valence electrons. The van der Waals surface area contributed by atoms with Gasteiger partial charge in [-0.05, 0) is 44.5 Å². The Kier molecular flexibility index (Phi) is 6.21. The fourth-order valence-corrected chi connectivity index (χ4v) is 4.31. The number of hydrogen-bond donors (Lipinski definition) is 1. The van der Waals surface area contributed by atoms with Crippen molar-refractivity contribution in [1.82, 2.24) is 20.0 Å². The number of likely N-dealkylation sites (N-methyl/N-ethyl adjacent to an activating group) is 1. The van der Waals surface area contributed by atoms with Gasteiger partial charge in [-0.15, -0.1) is 0 Å². The van der Waals surface area contributed by atoms with Crippen molar-refractivity contribution in [1.29, 1.82) is 0 Å². The predicted molar refractivity (Wildman–Crippen MR) is 106 cm³/mol. The maximum Gasteiger partial charge on any atom is 0.272 e. The zero-order valence-corrected chi connectivity index (χ0v) is 16.4. The first-order valence-corrected chi connectivity index (χ1v) is 9.98. The van der Waals surface area contributed by atoms with Crippen LogP contribution in [0.5, 0.6) is 5.75 Å². The highest BCUT2D eigenvalue weighted by Crippen LogP contribution is 2.29. The lowest BCUT2D eigenvalue weighted by atomic mass is 10.1. The van der Waals surface area contributed by atoms with Crippen LogP contribution in [0.15, 0.2) is 30.3 Å². The second kappa shape index (κ2) is 8.60. The van der Waals surface area contributed by atoms with Gasteiger partial charge in [0.25, 0.3) is 5.91 Å². The van der Waals surface area contributed by atoms with E-state index in [2.05, 4.69) is 15.1 Å². The number of para-hydroxylation sites is 1. The van der Waals surface area contributed by atoms with E-state index < -0.39 is 0 Å². The molecule has 1 unspecified atom stereocenters. The molecule has 1 N–H and O–H groups in total. The summed E-state index contributed by atoms with van der Waals surface area (Å²) in [6.07, 6.45) is 1.02. The van der Waals surface area contributed by atoms with E-state index in [4.69, 9.17) is 4.74 Å². The van der Waals surface area contributed by atoms with Crippen LogP contribution in [0.4, 0.5) is 0 Å². The van der Waals surface area contributed by atoms with Gasteiger partial charge >= 0.3 is 0 Å². The molecule has 0 saturated carbocycles. The van der Waals surface area contributed by atoms with Crippen LogP contribution in [-0.2, 0) is 0 Å². The molecule has 1 aromatic carbocycles. The number of carbonyl (C=O) groups is 1. The number of nitrogens with one attached hydrogen (secondary N) is 1. The van der Waals surface area contributed by atoms with Crippen LogP contribution in [0.1, 0.15) is 16.9 Å². The summed E-state index contributed by atoms with van der Waals surface area (Å²) in [4.78, 5) is 17.3. The molecule has 2 aromatic rings. The molecular formula is C19H26N4O2S. The molecule has 1 aliphatic heterocycles. The van der Waals surface area contributed by atoms with Crippen LogP contribution in [-0.4, -0.2) is 77.7 Å². The van der Waals surface area contributed by atoms with Crippen molar-refractivity contribution in [3.8, 4) is 17.0 Å². The first kappa shape index (κ1) is 18.8. The zero-order chi connectivity index (χ0) is 18.5. The Labute approximate surface area is 158 Å². The maximum absolute atomic E-state index is 13.1. The lowest BCUT2D eigenvalue weighted by molar-refractivity contribution is 0.0669. The predicted octanol–water partition coefficient (Wildman–Crippen LogP) is 2.59. The van der Waals surface area contributed by atoms with E-state index in [1.165, 1.54) is 0 Å². The SMILES string of the molecule is COc1ccccc1-c1cc(C(=O)N2CCCSCC2CN(C)C)[nH]n1. The number of ether oxygens (including phenoxy) is 1. The summed E-state index contributed by atoms with van der Waals surface area (Å²) in [5.74, 6) is 2.84. The molecule has 26 heavy (non-hydrogen) atoms. The number of nitrogens with zero attached hydrogens (tertiary/aromatic N) is 3. The normalized spacial score (nSPS) is 18.0. The Morgan fingerprint density at radius 3 is 3.00 bits per heavy atom. The molecule has 0 radical (unpaired) electrons. The second-order valence-electron chi connectivity index (χ2n) is 6.71. The monoisotopic (exact) mass is 374 g/mol. The van der Waals surface area contributed by atoms with E-state index in [1.54, 1.807) is 7.11 Å². The molecule has 0 aliphatic carbocycles. The largest absolute Gasteiger partial charge is 0.496 e. The van der Waals surface area contributed by atoms with Crippen LogP contribution in [0, 0.1) is 0 Å². The maximum atomic E-state index is 13.1. The molecule has 1 amide bonds. The van der Waals surface area contributed by atoms with Gasteiger partial charge in [-0.3, -0.25) is 9.89 Å². The third kappa shape index (κ3) is 4.22. The van der Waals surface area contributed by atoms with E-state index in [0.717, 1.165) is 48.0 Å². The van der Waals surface area contributed by atoms with Crippen molar-refractivity contribution in [3.05, 3.63) is 36.0 Å². The van der Waals surface area contributed by atoms with Crippen LogP contribution in [0.3, 0.4) is 0 Å². The summed E-state index contributed by atoms with van der Waals surface area (Å²) < 4.78 is 5.41. The topological polar surface area (TPSA) is 61.5 Å². The number of aromatic nitrogens is 2. The number of methoxy groups -OCH3 is 1. The molecule has 1 aliphatic rings. The molecular weight excluding hydrogens is 348 g/mol. The first-order chi connectivity index (χ1) is 12.6. The smallest absolute Gasteiger partial charge is 0.272 e. The van der Waals surface area contributed by atoms with Crippen LogP contribution in [0.25, 0.3) is 11.3 Å². The molecule has 2 heterocycles. The number of hydrogen-bond acceptors (Lipinski definition) is 5. The molecule has 3 rings (SSSR count). The third-order valence-corrected chi connectivity index (χ3v) is 5.66. The molecule has 0 spiro atoms. The molecule has 1 saturated heterocycles. The van der Waals surface area contributed by atoms with E-state index in [0.29, 0.717) is 5.69 Å². The van der Waals surface area contributed by atoms with Gasteiger partial charge in [-0.2, -0.15) is 16.9 Å². The Balaban J connectivity index is 1.84. The van der Waals surface area contributed by atoms with Gasteiger partial charge in [0.15, 0.2) is 0 Å². The summed E-state index contributed by atoms with van der Waals surface area (Å²) in [6, 6.07) is 9.73. The van der Waals surface area contributed by atoms with Crippen molar-refractivity contribution in [2.75, 3.05) is 45.8 Å². The minimum absolute atomic E-state index is 0.0213. The zero-order valence-electron chi connectivity index (χ0n) is 15.6. The summed E-state index contributed by atoms with van der Waals surface area (Å²) in [5, 5.41) is 7.28. The fourth-order valence-electron chi connectivity index (χ4n) is 3.25. The molecule has 1 aromatic heterocycles. The summed E-state index contributed by atoms with van der Waals surface area (Å²) in [6.45, 7) is 1.65. The molecule has 1 atom stereocenters. The van der Waals surface area contributed by atoms with E-state index >= 15 is 0 Å². The van der Waals surface area contributed by atoms with Gasteiger partial charge in [0.1, 0.15) is 11.4 Å². The highest BCUT2D eigenvalue weighted by molar-refractivity contribution is 7.99. The third-order valence-electron chi connectivity index (χ3n) is 4.47. The van der Waals surface area contributed by atoms with E-state index in [9.17, 15) is 4.79 Å². The quantitative estimate of drug-likeness (QED) is 0.872. The van der Waals surface area contributed by atoms with Crippen LogP contribution < -0.4 is 4.74 Å². The highest BCUT2D eigenvalue weighted by Gasteiger charge is 2.28. The van der Waals surface area contributed by atoms with Gasteiger partial charge in [0.05, 0.1) is 18.8 Å². The number of benzene rings is 1. The fraction of sp³-hybridized carbons (Fsp3) is 0.474. The van der Waals surface area contributed by atoms with Crippen LogP contribution in [0.2, 0.25) is 0 Å². The average molecular weight is 375 g/mol. The number of amides is 1. The highest BCUT2D eigenvalue weighted by atomic mass is 32.2. The van der Waals surface area contributed by atoms with E-state index in [-0.39, 0.29) is 11.9 Å². The molecule has 0 bridgehead atoms. The second-order valence-corrected chi connectivity index (χ2v) is 7.86. The van der Waals surface area contributed by atoms with Crippen molar-refractivity contribution < 1.29 is 9.53 Å². The lowest BCUT2D eigenvalue weighted by Crippen LogP contribution is -2.46. The number of H-pyrrole nitrogens is 1. The van der Waals surface area contributed by atoms with Gasteiger partial charge in [0.2, 0.25) is 0 Å². The number of carbonyl (C=O) groups excluding carboxylic acids is 1. The Bertz CT molecular complexity index is 747. The van der Waals surface area contributed by atoms with Gasteiger partial charge < -0.3 is 14.5 Å². The van der Waals surface area contributed by atoms with Crippen LogP contribution >= 0.6 is 11.8 Å². The Morgan fingerprint density at radius 2 is 2.23 bits per heavy atom. The van der Waals surface area contributed by atoms with Gasteiger partial charge in [-0.25, -0.2) is 0 Å². The standard InChI is InChI=1S/C19H26N4O2S/c1-22(2)12-14-13-26-10-6-9-23(14)19(24)17-11-16(20-21-17)15-7-4-5-8-18(15)25-3/h4-5,7-8,11,14H,6,9-10,12-13H2,1-3H3,(H,20,21). The summed E-state index contributed by atoms with van der Waals surface area (Å²) >= 11 is 1.93. The van der Waals surface area contributed by atoms with Crippen molar-refractivity contribution in [3.63, 3.8) is 0 Å². The number of aromatic amines is 1. The van der Waals surface area contributed by atoms with Gasteiger partial charge in [0, 0.05) is 24.4 Å². The van der Waals surface area contributed by atoms with Gasteiger partial charge in [-0.1, -0.05) is 12.1 Å². The molecule has 1 fully saturated rings. The number of thioether (sulfide) groups is 1. The minimum Gasteiger partial charge on any atom is -0.496 e. The minimum atomic E-state index is 0.0213. The number of rotatable bonds is 5.